The number of nitrogens with zero attached hydrogens (tertiary/aromatic N) is 7. The van der Waals surface area contributed by atoms with Crippen LogP contribution in [0.25, 0.3) is 33.4 Å². The lowest BCUT2D eigenvalue weighted by molar-refractivity contribution is -0.136. The van der Waals surface area contributed by atoms with Crippen LogP contribution in [0, 0.1) is 11.6 Å². The average Bonchev–Trinajstić information content (AvgIpc) is 3.84. The van der Waals surface area contributed by atoms with Crippen LogP contribution in [0.1, 0.15) is 58.0 Å². The highest BCUT2D eigenvalue weighted by Gasteiger charge is 2.45. The number of imide groups is 2. The van der Waals surface area contributed by atoms with Gasteiger partial charge in [-0.15, -0.1) is 0 Å². The number of rotatable bonds is 10. The Bertz CT molecular complexity index is 2530. The standard InChI is InChI=1S/C42H40F2N10O6/c43-30-17-24(18-31(44)29(30)22-52-13-15-60-16-14-52)27-3-1-6-33-39(27)47-34(20-45-33)25-19-46-53(21-25)26-9-11-51(12-10-26)23-37(56)50-49-32-5-2-4-28-38(32)42(59)54(41(28)58)35-7-8-36(55)48-40(35)57/h1-6,17-21,26,35,49H,7-16,22-23H2,(H,50,56)(H,48,55,57). The summed E-state index contributed by atoms with van der Waals surface area (Å²) in [5.74, 6) is -4.07. The molecule has 1 unspecified atom stereocenters. The van der Waals surface area contributed by atoms with E-state index < -0.39 is 41.3 Å². The Kier molecular flexibility index (Phi) is 10.6. The Morgan fingerprint density at radius 1 is 0.867 bits per heavy atom. The fourth-order valence-electron chi connectivity index (χ4n) is 8.31. The number of likely N-dealkylation sites (tertiary alicyclic amines) is 1. The largest absolute Gasteiger partial charge is 0.379 e. The molecule has 0 spiro atoms. The SMILES string of the molecule is O=C(CN1CCC(n2cc(-c3cnc4cccc(-c5cc(F)c(CN6CCOCC6)c(F)c5)c4n3)cn2)CC1)NNc1cccc2c1C(=O)N(C1CCC(=O)NC1=O)C2=O. The molecule has 16 nitrogen and oxygen atoms in total. The summed E-state index contributed by atoms with van der Waals surface area (Å²) in [5.41, 5.74) is 9.10. The highest BCUT2D eigenvalue weighted by molar-refractivity contribution is 6.25. The molecular weight excluding hydrogens is 779 g/mol. The number of piperidine rings is 2. The van der Waals surface area contributed by atoms with Crippen molar-refractivity contribution in [3.8, 4) is 22.4 Å². The summed E-state index contributed by atoms with van der Waals surface area (Å²) >= 11 is 0. The number of halogens is 2. The molecular formula is C42H40F2N10O6. The number of carbonyl (C=O) groups excluding carboxylic acids is 5. The third-order valence-electron chi connectivity index (χ3n) is 11.5. The van der Waals surface area contributed by atoms with E-state index in [0.717, 1.165) is 10.5 Å². The molecule has 3 saturated heterocycles. The topological polar surface area (TPSA) is 184 Å². The molecule has 3 aromatic carbocycles. The van der Waals surface area contributed by atoms with Crippen molar-refractivity contribution in [1.82, 2.24) is 45.2 Å². The molecule has 1 atom stereocenters. The predicted octanol–water partition coefficient (Wildman–Crippen LogP) is 3.45. The highest BCUT2D eigenvalue weighted by atomic mass is 19.1. The van der Waals surface area contributed by atoms with E-state index in [2.05, 4.69) is 26.3 Å². The van der Waals surface area contributed by atoms with Crippen LogP contribution >= 0.6 is 0 Å². The van der Waals surface area contributed by atoms with Gasteiger partial charge in [-0.05, 0) is 55.2 Å². The van der Waals surface area contributed by atoms with Crippen LogP contribution in [0.2, 0.25) is 0 Å². The second-order valence-corrected chi connectivity index (χ2v) is 15.3. The summed E-state index contributed by atoms with van der Waals surface area (Å²) in [6, 6.07) is 11.6. The maximum absolute atomic E-state index is 15.4. The van der Waals surface area contributed by atoms with Crippen molar-refractivity contribution in [2.75, 3.05) is 51.4 Å². The number of anilines is 1. The molecule has 308 valence electrons. The minimum absolute atomic E-state index is 0.00936. The quantitative estimate of drug-likeness (QED) is 0.138. The van der Waals surface area contributed by atoms with Gasteiger partial charge in [0.1, 0.15) is 17.7 Å². The zero-order valence-electron chi connectivity index (χ0n) is 32.3. The van der Waals surface area contributed by atoms with E-state index in [4.69, 9.17) is 9.72 Å². The Labute approximate surface area is 341 Å². The second-order valence-electron chi connectivity index (χ2n) is 15.3. The summed E-state index contributed by atoms with van der Waals surface area (Å²) < 4.78 is 38.0. The molecule has 3 fully saturated rings. The second kappa shape index (κ2) is 16.3. The summed E-state index contributed by atoms with van der Waals surface area (Å²) in [5, 5.41) is 6.81. The average molecular weight is 819 g/mol. The zero-order valence-corrected chi connectivity index (χ0v) is 32.3. The van der Waals surface area contributed by atoms with Crippen LogP contribution in [-0.2, 0) is 25.7 Å². The summed E-state index contributed by atoms with van der Waals surface area (Å²) in [6.45, 7) is 3.76. The van der Waals surface area contributed by atoms with Gasteiger partial charge in [0, 0.05) is 62.0 Å². The number of hydrogen-bond acceptors (Lipinski definition) is 12. The first-order chi connectivity index (χ1) is 29.1. The third-order valence-corrected chi connectivity index (χ3v) is 11.5. The normalized spacial score (nSPS) is 19.2. The highest BCUT2D eigenvalue weighted by Crippen LogP contribution is 2.34. The van der Waals surface area contributed by atoms with Gasteiger partial charge in [-0.25, -0.2) is 13.8 Å². The molecule has 3 N–H and O–H groups in total. The number of carbonyl (C=O) groups is 5. The van der Waals surface area contributed by atoms with Crippen molar-refractivity contribution in [2.24, 2.45) is 0 Å². The van der Waals surface area contributed by atoms with Crippen molar-refractivity contribution < 1.29 is 37.5 Å². The molecule has 4 aliphatic rings. The molecule has 4 aliphatic heterocycles. The number of aromatic nitrogens is 4. The lowest BCUT2D eigenvalue weighted by atomic mass is 10.0. The number of fused-ring (bicyclic) bond motifs is 2. The van der Waals surface area contributed by atoms with E-state index >= 15 is 8.78 Å². The molecule has 0 radical (unpaired) electrons. The van der Waals surface area contributed by atoms with Crippen LogP contribution in [-0.4, -0.2) is 116 Å². The molecule has 60 heavy (non-hydrogen) atoms. The monoisotopic (exact) mass is 818 g/mol. The first-order valence-corrected chi connectivity index (χ1v) is 19.8. The zero-order chi connectivity index (χ0) is 41.5. The number of hydrogen-bond donors (Lipinski definition) is 3. The molecule has 5 aromatic rings. The van der Waals surface area contributed by atoms with Gasteiger partial charge < -0.3 is 4.74 Å². The van der Waals surface area contributed by atoms with E-state index in [1.807, 2.05) is 20.7 Å². The number of amides is 5. The minimum atomic E-state index is -1.10. The van der Waals surface area contributed by atoms with Crippen LogP contribution in [0.15, 0.2) is 67.1 Å². The van der Waals surface area contributed by atoms with Gasteiger partial charge in [0.15, 0.2) is 0 Å². The molecule has 9 rings (SSSR count). The van der Waals surface area contributed by atoms with E-state index in [0.29, 0.717) is 80.1 Å². The van der Waals surface area contributed by atoms with E-state index in [-0.39, 0.29) is 60.3 Å². The summed E-state index contributed by atoms with van der Waals surface area (Å²) in [4.78, 5) is 78.0. The van der Waals surface area contributed by atoms with Gasteiger partial charge in [0.05, 0.1) is 71.7 Å². The molecule has 18 heteroatoms. The third kappa shape index (κ3) is 7.60. The molecule has 0 bridgehead atoms. The van der Waals surface area contributed by atoms with Gasteiger partial charge in [-0.2, -0.15) is 5.10 Å². The van der Waals surface area contributed by atoms with Crippen molar-refractivity contribution >= 4 is 46.3 Å². The minimum Gasteiger partial charge on any atom is -0.379 e. The lowest BCUT2D eigenvalue weighted by Gasteiger charge is -2.31. The van der Waals surface area contributed by atoms with Crippen molar-refractivity contribution in [3.05, 3.63) is 95.4 Å². The number of para-hydroxylation sites is 1. The summed E-state index contributed by atoms with van der Waals surface area (Å²) in [6.07, 6.45) is 6.75. The number of nitrogens with one attached hydrogen (secondary N) is 3. The van der Waals surface area contributed by atoms with Crippen LogP contribution in [0.3, 0.4) is 0 Å². The van der Waals surface area contributed by atoms with Gasteiger partial charge in [-0.1, -0.05) is 18.2 Å². The molecule has 5 amide bonds. The Morgan fingerprint density at radius 2 is 1.62 bits per heavy atom. The van der Waals surface area contributed by atoms with Gasteiger partial charge in [-0.3, -0.25) is 64.5 Å². The maximum Gasteiger partial charge on any atom is 0.264 e. The van der Waals surface area contributed by atoms with Gasteiger partial charge in [0.2, 0.25) is 11.8 Å². The van der Waals surface area contributed by atoms with Crippen LogP contribution in [0.5, 0.6) is 0 Å². The number of hydrazine groups is 1. The van der Waals surface area contributed by atoms with Crippen LogP contribution in [0.4, 0.5) is 14.5 Å². The van der Waals surface area contributed by atoms with Crippen molar-refractivity contribution in [1.29, 1.82) is 0 Å². The van der Waals surface area contributed by atoms with E-state index in [9.17, 15) is 24.0 Å². The Hall–Kier alpha value is -6.50. The van der Waals surface area contributed by atoms with Crippen molar-refractivity contribution in [2.45, 2.75) is 44.3 Å². The van der Waals surface area contributed by atoms with Gasteiger partial charge >= 0.3 is 0 Å². The lowest BCUT2D eigenvalue weighted by Crippen LogP contribution is -2.54. The molecule has 6 heterocycles. The fraction of sp³-hybridized carbons (Fsp3) is 0.333. The van der Waals surface area contributed by atoms with E-state index in [1.165, 1.54) is 18.2 Å². The Balaban J connectivity index is 0.814. The maximum atomic E-state index is 15.4. The Morgan fingerprint density at radius 3 is 2.38 bits per heavy atom. The van der Waals surface area contributed by atoms with E-state index in [1.54, 1.807) is 42.7 Å². The molecule has 2 aromatic heterocycles. The number of benzene rings is 3. The van der Waals surface area contributed by atoms with Crippen molar-refractivity contribution in [3.63, 3.8) is 0 Å². The number of ether oxygens (including phenoxy) is 1. The smallest absolute Gasteiger partial charge is 0.264 e. The first-order valence-electron chi connectivity index (χ1n) is 19.8. The van der Waals surface area contributed by atoms with Crippen LogP contribution < -0.4 is 16.2 Å². The predicted molar refractivity (Wildman–Crippen MR) is 212 cm³/mol. The number of morpholine rings is 1. The fourth-order valence-corrected chi connectivity index (χ4v) is 8.31. The molecule has 0 saturated carbocycles. The molecule has 0 aliphatic carbocycles. The first kappa shape index (κ1) is 39.0. The van der Waals surface area contributed by atoms with Gasteiger partial charge in [0.25, 0.3) is 17.7 Å². The summed E-state index contributed by atoms with van der Waals surface area (Å²) in [7, 11) is 0.